The van der Waals surface area contributed by atoms with Crippen LogP contribution in [0.4, 0.5) is 4.39 Å². The molecule has 0 spiro atoms. The normalized spacial score (nSPS) is 36.8. The zero-order chi connectivity index (χ0) is 13.7. The first kappa shape index (κ1) is 14.6. The Labute approximate surface area is 116 Å². The third-order valence-electron chi connectivity index (χ3n) is 5.44. The van der Waals surface area contributed by atoms with Crippen LogP contribution in [0.3, 0.4) is 0 Å². The van der Waals surface area contributed by atoms with Gasteiger partial charge in [0.25, 0.3) is 0 Å². The van der Waals surface area contributed by atoms with Crippen molar-refractivity contribution in [1.82, 2.24) is 0 Å². The molecule has 0 aliphatic heterocycles. The third-order valence-corrected chi connectivity index (χ3v) is 5.44. The molecule has 0 bridgehead atoms. The van der Waals surface area contributed by atoms with E-state index in [1.807, 2.05) is 0 Å². The molecule has 0 heterocycles. The van der Waals surface area contributed by atoms with Crippen LogP contribution < -0.4 is 0 Å². The largest absolute Gasteiger partial charge is 0.196 e. The van der Waals surface area contributed by atoms with Crippen molar-refractivity contribution in [3.8, 4) is 6.07 Å². The quantitative estimate of drug-likeness (QED) is 0.626. The molecule has 0 amide bonds. The first-order valence-electron chi connectivity index (χ1n) is 8.00. The molecule has 2 heteroatoms. The molecule has 0 aromatic rings. The van der Waals surface area contributed by atoms with E-state index in [4.69, 9.17) is 5.26 Å². The van der Waals surface area contributed by atoms with Gasteiger partial charge in [-0.1, -0.05) is 26.2 Å². The van der Waals surface area contributed by atoms with Gasteiger partial charge in [0.05, 0.1) is 0 Å². The molecule has 0 aromatic heterocycles. The minimum Gasteiger partial charge on any atom is -0.195 e. The summed E-state index contributed by atoms with van der Waals surface area (Å²) in [5.74, 6) is 2.48. The highest BCUT2D eigenvalue weighted by Gasteiger charge is 2.30. The maximum atomic E-state index is 13.0. The molecule has 2 rings (SSSR count). The Bertz CT molecular complexity index is 339. The van der Waals surface area contributed by atoms with E-state index in [1.165, 1.54) is 44.9 Å². The van der Waals surface area contributed by atoms with Gasteiger partial charge in [-0.3, -0.25) is 0 Å². The van der Waals surface area contributed by atoms with Crippen LogP contribution in [-0.2, 0) is 0 Å². The van der Waals surface area contributed by atoms with Crippen LogP contribution in [0.25, 0.3) is 0 Å². The van der Waals surface area contributed by atoms with Gasteiger partial charge in [0.2, 0.25) is 0 Å². The first-order valence-corrected chi connectivity index (χ1v) is 8.00. The number of hydrogen-bond acceptors (Lipinski definition) is 1. The zero-order valence-electron chi connectivity index (χ0n) is 12.1. The summed E-state index contributed by atoms with van der Waals surface area (Å²) in [5.41, 5.74) is 0. The molecule has 2 fully saturated rings. The predicted octanol–water partition coefficient (Wildman–Crippen LogP) is 5.39. The Balaban J connectivity index is 1.76. The Hall–Kier alpha value is -0.840. The molecular weight excluding hydrogens is 237 g/mol. The standard InChI is InChI=1S/C17H26FN/c1-2-13-3-7-15(8-4-13)16-9-5-14(6-10-16)11-17(18)12-19/h11,13-16H,2-10H2,1H3/t13-,14?,15-,16?. The Kier molecular flexibility index (Phi) is 5.43. The first-order chi connectivity index (χ1) is 9.22. The molecule has 106 valence electrons. The molecule has 1 nitrogen and oxygen atoms in total. The fraction of sp³-hybridized carbons (Fsp3) is 0.824. The van der Waals surface area contributed by atoms with Gasteiger partial charge in [-0.15, -0.1) is 0 Å². The van der Waals surface area contributed by atoms with Crippen molar-refractivity contribution in [3.05, 3.63) is 11.9 Å². The van der Waals surface area contributed by atoms with Crippen molar-refractivity contribution in [3.63, 3.8) is 0 Å². The summed E-state index contributed by atoms with van der Waals surface area (Å²) in [4.78, 5) is 0. The molecule has 2 aliphatic rings. The number of halogens is 1. The SMILES string of the molecule is CC[C@H]1CC[C@H](C2CCC(C=C(F)C#N)CC2)CC1. The molecule has 0 N–H and O–H groups in total. The van der Waals surface area contributed by atoms with Gasteiger partial charge in [-0.25, -0.2) is 0 Å². The van der Waals surface area contributed by atoms with Crippen molar-refractivity contribution < 1.29 is 4.39 Å². The fourth-order valence-corrected chi connectivity index (χ4v) is 4.10. The van der Waals surface area contributed by atoms with E-state index in [1.54, 1.807) is 12.1 Å². The smallest absolute Gasteiger partial charge is 0.195 e. The summed E-state index contributed by atoms with van der Waals surface area (Å²) in [6, 6.07) is 1.59. The molecule has 2 saturated carbocycles. The summed E-state index contributed by atoms with van der Waals surface area (Å²) in [6.07, 6.45) is 13.2. The lowest BCUT2D eigenvalue weighted by atomic mass is 9.69. The van der Waals surface area contributed by atoms with E-state index in [9.17, 15) is 4.39 Å². The molecule has 19 heavy (non-hydrogen) atoms. The van der Waals surface area contributed by atoms with E-state index in [0.717, 1.165) is 30.6 Å². The summed E-state index contributed by atoms with van der Waals surface area (Å²) in [5, 5.41) is 8.48. The van der Waals surface area contributed by atoms with Crippen LogP contribution in [0, 0.1) is 35.0 Å². The molecule has 0 unspecified atom stereocenters. The van der Waals surface area contributed by atoms with Gasteiger partial charge in [0.1, 0.15) is 6.07 Å². The lowest BCUT2D eigenvalue weighted by Gasteiger charge is -2.37. The van der Waals surface area contributed by atoms with Crippen LogP contribution in [0.15, 0.2) is 11.9 Å². The van der Waals surface area contributed by atoms with Gasteiger partial charge in [-0.05, 0) is 68.3 Å². The second-order valence-electron chi connectivity index (χ2n) is 6.49. The summed E-state index contributed by atoms with van der Waals surface area (Å²) in [6.45, 7) is 2.31. The number of rotatable bonds is 3. The van der Waals surface area contributed by atoms with Gasteiger partial charge in [0.15, 0.2) is 5.83 Å². The van der Waals surface area contributed by atoms with Crippen LogP contribution in [0.2, 0.25) is 0 Å². The highest BCUT2D eigenvalue weighted by molar-refractivity contribution is 5.13. The van der Waals surface area contributed by atoms with Gasteiger partial charge >= 0.3 is 0 Å². The van der Waals surface area contributed by atoms with Crippen molar-refractivity contribution >= 4 is 0 Å². The minimum atomic E-state index is -0.591. The van der Waals surface area contributed by atoms with E-state index < -0.39 is 5.83 Å². The highest BCUT2D eigenvalue weighted by atomic mass is 19.1. The van der Waals surface area contributed by atoms with Crippen LogP contribution in [0.1, 0.15) is 64.7 Å². The third kappa shape index (κ3) is 4.06. The Morgan fingerprint density at radius 2 is 1.58 bits per heavy atom. The Morgan fingerprint density at radius 1 is 1.05 bits per heavy atom. The van der Waals surface area contributed by atoms with E-state index in [2.05, 4.69) is 6.92 Å². The summed E-state index contributed by atoms with van der Waals surface area (Å²) in [7, 11) is 0. The topological polar surface area (TPSA) is 23.8 Å². The molecule has 0 radical (unpaired) electrons. The van der Waals surface area contributed by atoms with Crippen molar-refractivity contribution in [2.24, 2.45) is 23.7 Å². The summed E-state index contributed by atoms with van der Waals surface area (Å²) >= 11 is 0. The van der Waals surface area contributed by atoms with Crippen molar-refractivity contribution in [1.29, 1.82) is 5.26 Å². The van der Waals surface area contributed by atoms with Crippen molar-refractivity contribution in [2.75, 3.05) is 0 Å². The number of nitrogens with zero attached hydrogens (tertiary/aromatic N) is 1. The van der Waals surface area contributed by atoms with Gasteiger partial charge in [-0.2, -0.15) is 9.65 Å². The second-order valence-corrected chi connectivity index (χ2v) is 6.49. The van der Waals surface area contributed by atoms with E-state index in [0.29, 0.717) is 5.92 Å². The van der Waals surface area contributed by atoms with Gasteiger partial charge in [0, 0.05) is 0 Å². The predicted molar refractivity (Wildman–Crippen MR) is 76.0 cm³/mol. The monoisotopic (exact) mass is 263 g/mol. The number of allylic oxidation sites excluding steroid dienone is 2. The number of nitriles is 1. The van der Waals surface area contributed by atoms with Crippen molar-refractivity contribution in [2.45, 2.75) is 64.7 Å². The minimum absolute atomic E-state index is 0.308. The van der Waals surface area contributed by atoms with Crippen LogP contribution in [0.5, 0.6) is 0 Å². The number of hydrogen-bond donors (Lipinski definition) is 0. The van der Waals surface area contributed by atoms with E-state index >= 15 is 0 Å². The highest BCUT2D eigenvalue weighted by Crippen LogP contribution is 2.42. The maximum Gasteiger partial charge on any atom is 0.196 e. The Morgan fingerprint density at radius 3 is 2.05 bits per heavy atom. The summed E-state index contributed by atoms with van der Waals surface area (Å²) < 4.78 is 13.0. The maximum absolute atomic E-state index is 13.0. The molecule has 0 atom stereocenters. The fourth-order valence-electron chi connectivity index (χ4n) is 4.10. The average Bonchev–Trinajstić information content (AvgIpc) is 2.48. The lowest BCUT2D eigenvalue weighted by Crippen LogP contribution is -2.25. The van der Waals surface area contributed by atoms with Gasteiger partial charge < -0.3 is 0 Å². The zero-order valence-corrected chi connectivity index (χ0v) is 12.1. The average molecular weight is 263 g/mol. The molecule has 2 aliphatic carbocycles. The molecule has 0 saturated heterocycles. The van der Waals surface area contributed by atoms with Crippen LogP contribution >= 0.6 is 0 Å². The second kappa shape index (κ2) is 7.08. The molecule has 0 aromatic carbocycles. The molecular formula is C17H26FN. The van der Waals surface area contributed by atoms with Crippen LogP contribution in [-0.4, -0.2) is 0 Å². The lowest BCUT2D eigenvalue weighted by molar-refractivity contribution is 0.154. The van der Waals surface area contributed by atoms with E-state index in [-0.39, 0.29) is 0 Å².